The number of para-hydroxylation sites is 1. The molecular formula is C22H25N5O3. The van der Waals surface area contributed by atoms with Gasteiger partial charge in [-0.2, -0.15) is 0 Å². The van der Waals surface area contributed by atoms with E-state index >= 15 is 0 Å². The fraction of sp³-hybridized carbons (Fsp3) is 0.227. The summed E-state index contributed by atoms with van der Waals surface area (Å²) >= 11 is 0. The van der Waals surface area contributed by atoms with E-state index in [2.05, 4.69) is 20.9 Å². The van der Waals surface area contributed by atoms with E-state index in [1.165, 1.54) is 0 Å². The maximum absolute atomic E-state index is 11.9. The number of fused-ring (bicyclic) bond motifs is 1. The second-order valence-electron chi connectivity index (χ2n) is 6.77. The molecule has 0 saturated carbocycles. The number of benzene rings is 2. The molecule has 1 heterocycles. The smallest absolute Gasteiger partial charge is 0.251 e. The van der Waals surface area contributed by atoms with E-state index in [9.17, 15) is 9.59 Å². The van der Waals surface area contributed by atoms with Crippen LogP contribution in [0.15, 0.2) is 57.9 Å². The summed E-state index contributed by atoms with van der Waals surface area (Å²) < 4.78 is 5.91. The Labute approximate surface area is 174 Å². The largest absolute Gasteiger partial charge is 0.459 e. The topological polar surface area (TPSA) is 122 Å². The number of carbonyl (C=O) groups excluding carboxylic acids is 2. The first-order chi connectivity index (χ1) is 14.5. The van der Waals surface area contributed by atoms with Crippen LogP contribution in [0.2, 0.25) is 0 Å². The third-order valence-corrected chi connectivity index (χ3v) is 4.68. The minimum atomic E-state index is -0.583. The van der Waals surface area contributed by atoms with Gasteiger partial charge in [0, 0.05) is 30.1 Å². The van der Waals surface area contributed by atoms with Crippen molar-refractivity contribution in [2.45, 2.75) is 20.0 Å². The van der Waals surface area contributed by atoms with Crippen LogP contribution < -0.4 is 21.7 Å². The lowest BCUT2D eigenvalue weighted by Gasteiger charge is -2.12. The molecule has 30 heavy (non-hydrogen) atoms. The summed E-state index contributed by atoms with van der Waals surface area (Å²) in [6.07, 6.45) is 0. The molecule has 0 aliphatic rings. The highest BCUT2D eigenvalue weighted by molar-refractivity contribution is 5.96. The average Bonchev–Trinajstić information content (AvgIpc) is 3.08. The van der Waals surface area contributed by atoms with Gasteiger partial charge in [-0.05, 0) is 30.7 Å². The normalized spacial score (nSPS) is 11.3. The molecule has 3 rings (SSSR count). The zero-order valence-corrected chi connectivity index (χ0v) is 17.0. The molecule has 0 saturated heterocycles. The third-order valence-electron chi connectivity index (χ3n) is 4.68. The number of aliphatic imine (C=N–C) groups is 1. The fourth-order valence-corrected chi connectivity index (χ4v) is 3.01. The first-order valence-corrected chi connectivity index (χ1v) is 9.55. The van der Waals surface area contributed by atoms with Crippen LogP contribution in [0.25, 0.3) is 11.0 Å². The number of guanidine groups is 1. The van der Waals surface area contributed by atoms with Crippen LogP contribution in [0, 0.1) is 6.92 Å². The zero-order valence-electron chi connectivity index (χ0n) is 17.0. The third kappa shape index (κ3) is 5.16. The van der Waals surface area contributed by atoms with Crippen molar-refractivity contribution in [1.82, 2.24) is 16.0 Å². The van der Waals surface area contributed by atoms with E-state index in [-0.39, 0.29) is 12.5 Å². The lowest BCUT2D eigenvalue weighted by Crippen LogP contribution is -2.36. The molecule has 156 valence electrons. The summed E-state index contributed by atoms with van der Waals surface area (Å²) in [5.41, 5.74) is 8.45. The van der Waals surface area contributed by atoms with Gasteiger partial charge in [-0.15, -0.1) is 0 Å². The molecule has 0 atom stereocenters. The summed E-state index contributed by atoms with van der Waals surface area (Å²) in [6.45, 7) is 2.90. The van der Waals surface area contributed by atoms with Crippen LogP contribution >= 0.6 is 0 Å². The lowest BCUT2D eigenvalue weighted by atomic mass is 10.1. The van der Waals surface area contributed by atoms with E-state index in [0.717, 1.165) is 27.9 Å². The van der Waals surface area contributed by atoms with Gasteiger partial charge in [0.15, 0.2) is 5.96 Å². The Hall–Kier alpha value is -3.81. The molecule has 0 aliphatic heterocycles. The Morgan fingerprint density at radius 2 is 1.70 bits per heavy atom. The van der Waals surface area contributed by atoms with Crippen LogP contribution in [-0.4, -0.2) is 31.4 Å². The van der Waals surface area contributed by atoms with Crippen LogP contribution in [0.4, 0.5) is 0 Å². The molecule has 5 N–H and O–H groups in total. The highest BCUT2D eigenvalue weighted by Crippen LogP contribution is 2.24. The molecule has 0 bridgehead atoms. The van der Waals surface area contributed by atoms with Gasteiger partial charge in [0.05, 0.1) is 13.1 Å². The minimum absolute atomic E-state index is 0.186. The molecule has 0 fully saturated rings. The van der Waals surface area contributed by atoms with E-state index in [4.69, 9.17) is 10.2 Å². The average molecular weight is 407 g/mol. The van der Waals surface area contributed by atoms with Crippen molar-refractivity contribution in [3.05, 3.63) is 71.0 Å². The molecule has 8 nitrogen and oxygen atoms in total. The molecule has 0 aliphatic carbocycles. The van der Waals surface area contributed by atoms with Crippen LogP contribution in [0.5, 0.6) is 0 Å². The predicted molar refractivity (Wildman–Crippen MR) is 116 cm³/mol. The van der Waals surface area contributed by atoms with Crippen molar-refractivity contribution in [3.63, 3.8) is 0 Å². The predicted octanol–water partition coefficient (Wildman–Crippen LogP) is 1.82. The molecule has 3 aromatic rings. The molecule has 8 heteroatoms. The van der Waals surface area contributed by atoms with Gasteiger partial charge in [-0.25, -0.2) is 0 Å². The molecule has 1 aromatic heterocycles. The van der Waals surface area contributed by atoms with Crippen LogP contribution in [0.3, 0.4) is 0 Å². The minimum Gasteiger partial charge on any atom is -0.459 e. The van der Waals surface area contributed by atoms with Crippen molar-refractivity contribution in [2.75, 3.05) is 13.6 Å². The number of primary amides is 1. The van der Waals surface area contributed by atoms with Crippen LogP contribution in [0.1, 0.15) is 27.2 Å². The summed E-state index contributed by atoms with van der Waals surface area (Å²) in [5.74, 6) is 0.580. The van der Waals surface area contributed by atoms with Gasteiger partial charge in [0.1, 0.15) is 11.3 Å². The van der Waals surface area contributed by atoms with Gasteiger partial charge in [0.25, 0.3) is 5.91 Å². The number of carbonyl (C=O) groups is 2. The highest BCUT2D eigenvalue weighted by Gasteiger charge is 2.10. The van der Waals surface area contributed by atoms with Crippen molar-refractivity contribution >= 4 is 28.7 Å². The lowest BCUT2D eigenvalue weighted by molar-refractivity contribution is -0.117. The van der Waals surface area contributed by atoms with E-state index in [1.807, 2.05) is 43.3 Å². The van der Waals surface area contributed by atoms with Gasteiger partial charge in [0.2, 0.25) is 5.91 Å². The van der Waals surface area contributed by atoms with E-state index in [0.29, 0.717) is 24.6 Å². The van der Waals surface area contributed by atoms with Gasteiger partial charge >= 0.3 is 0 Å². The number of nitrogens with two attached hydrogens (primary N) is 1. The number of furan rings is 1. The molecular weight excluding hydrogens is 382 g/mol. The summed E-state index contributed by atoms with van der Waals surface area (Å²) in [5, 5.41) is 10.1. The Bertz CT molecular complexity index is 1070. The maximum Gasteiger partial charge on any atom is 0.251 e. The van der Waals surface area contributed by atoms with Crippen molar-refractivity contribution < 1.29 is 14.0 Å². The molecule has 0 radical (unpaired) electrons. The van der Waals surface area contributed by atoms with Gasteiger partial charge in [-0.1, -0.05) is 30.3 Å². The highest BCUT2D eigenvalue weighted by atomic mass is 16.3. The number of aryl methyl sites for hydroxylation is 1. The first-order valence-electron chi connectivity index (χ1n) is 9.55. The Kier molecular flexibility index (Phi) is 6.69. The monoisotopic (exact) mass is 407 g/mol. The Balaban J connectivity index is 1.53. The van der Waals surface area contributed by atoms with Crippen molar-refractivity contribution in [2.24, 2.45) is 10.7 Å². The Morgan fingerprint density at radius 1 is 1.00 bits per heavy atom. The second-order valence-corrected chi connectivity index (χ2v) is 6.77. The van der Waals surface area contributed by atoms with E-state index < -0.39 is 5.91 Å². The number of nitrogens with zero attached hydrogens (tertiary/aromatic N) is 1. The second kappa shape index (κ2) is 9.60. The number of hydrogen-bond donors (Lipinski definition) is 4. The zero-order chi connectivity index (χ0) is 21.5. The SMILES string of the molecule is CN=C(NCc1ccc(C(=O)NCC(N)=O)cc1)NCc1oc2ccccc2c1C. The summed E-state index contributed by atoms with van der Waals surface area (Å²) in [7, 11) is 1.70. The van der Waals surface area contributed by atoms with Crippen molar-refractivity contribution in [1.29, 1.82) is 0 Å². The Morgan fingerprint density at radius 3 is 2.37 bits per heavy atom. The maximum atomic E-state index is 11.9. The van der Waals surface area contributed by atoms with Crippen molar-refractivity contribution in [3.8, 4) is 0 Å². The fourth-order valence-electron chi connectivity index (χ4n) is 3.01. The number of nitrogens with one attached hydrogen (secondary N) is 3. The standard InChI is InChI=1S/C22H25N5O3/c1-14-17-5-3-4-6-18(17)30-19(14)12-27-22(24-2)26-11-15-7-9-16(10-8-15)21(29)25-13-20(23)28/h3-10H,11-13H2,1-2H3,(H2,23,28)(H,25,29)(H2,24,26,27). The number of rotatable bonds is 7. The van der Waals surface area contributed by atoms with Crippen LogP contribution in [-0.2, 0) is 17.9 Å². The molecule has 2 aromatic carbocycles. The van der Waals surface area contributed by atoms with E-state index in [1.54, 1.807) is 19.2 Å². The number of hydrogen-bond acceptors (Lipinski definition) is 4. The summed E-state index contributed by atoms with van der Waals surface area (Å²) in [6, 6.07) is 15.0. The summed E-state index contributed by atoms with van der Waals surface area (Å²) in [4.78, 5) is 26.9. The number of amides is 2. The van der Waals surface area contributed by atoms with Gasteiger partial charge < -0.3 is 26.1 Å². The molecule has 0 unspecified atom stereocenters. The first kappa shape index (κ1) is 20.9. The van der Waals surface area contributed by atoms with Gasteiger partial charge in [-0.3, -0.25) is 14.6 Å². The molecule has 0 spiro atoms. The quantitative estimate of drug-likeness (QED) is 0.352. The molecule has 2 amide bonds.